The number of carbonyl (C=O) groups excluding carboxylic acids is 2. The summed E-state index contributed by atoms with van der Waals surface area (Å²) < 4.78 is 0. The van der Waals surface area contributed by atoms with Gasteiger partial charge in [-0.05, 0) is 45.2 Å². The Morgan fingerprint density at radius 3 is 2.69 bits per heavy atom. The van der Waals surface area contributed by atoms with E-state index in [9.17, 15) is 14.4 Å². The fraction of sp³-hybridized carbons (Fsp3) is 0.429. The molecule has 1 fully saturated rings. The van der Waals surface area contributed by atoms with Crippen LogP contribution in [0.15, 0.2) is 29.1 Å². The third-order valence-electron chi connectivity index (χ3n) is 5.65. The van der Waals surface area contributed by atoms with Gasteiger partial charge in [-0.25, -0.2) is 0 Å². The van der Waals surface area contributed by atoms with Gasteiger partial charge in [0.05, 0.1) is 11.5 Å². The summed E-state index contributed by atoms with van der Waals surface area (Å²) in [6, 6.07) is 7.61. The van der Waals surface area contributed by atoms with E-state index in [4.69, 9.17) is 0 Å². The molecule has 3 heterocycles. The number of aryl methyl sites for hydroxylation is 1. The first-order chi connectivity index (χ1) is 13.9. The molecule has 2 aromatic rings. The van der Waals surface area contributed by atoms with Crippen molar-refractivity contribution in [1.29, 1.82) is 0 Å². The number of hydrogen-bond acceptors (Lipinski definition) is 5. The summed E-state index contributed by atoms with van der Waals surface area (Å²) in [6.07, 6.45) is 3.10. The number of benzene rings is 1. The number of anilines is 3. The number of H-pyrrole nitrogens is 1. The lowest BCUT2D eigenvalue weighted by Gasteiger charge is -2.34. The molecule has 1 aromatic carbocycles. The van der Waals surface area contributed by atoms with E-state index in [0.29, 0.717) is 11.6 Å². The van der Waals surface area contributed by atoms with E-state index in [1.807, 2.05) is 24.0 Å². The number of rotatable bonds is 3. The molecule has 0 saturated carbocycles. The number of aromatic nitrogens is 2. The maximum absolute atomic E-state index is 12.9. The van der Waals surface area contributed by atoms with E-state index in [0.717, 1.165) is 31.4 Å². The Balaban J connectivity index is 1.65. The molecule has 2 atom stereocenters. The van der Waals surface area contributed by atoms with Crippen molar-refractivity contribution < 1.29 is 9.59 Å². The lowest BCUT2D eigenvalue weighted by Crippen LogP contribution is -2.41. The fourth-order valence-corrected chi connectivity index (χ4v) is 4.00. The Hall–Kier alpha value is -3.16. The van der Waals surface area contributed by atoms with Crippen molar-refractivity contribution in [2.75, 3.05) is 22.1 Å². The summed E-state index contributed by atoms with van der Waals surface area (Å²) in [5.41, 5.74) is 1.52. The summed E-state index contributed by atoms with van der Waals surface area (Å²) in [5, 5.41) is 5.48. The maximum atomic E-state index is 12.9. The third-order valence-corrected chi connectivity index (χ3v) is 5.65. The van der Waals surface area contributed by atoms with E-state index in [-0.39, 0.29) is 35.3 Å². The molecule has 29 heavy (non-hydrogen) atoms. The highest BCUT2D eigenvalue weighted by Gasteiger charge is 2.35. The summed E-state index contributed by atoms with van der Waals surface area (Å²) in [6.45, 7) is 4.85. The minimum absolute atomic E-state index is 0.0884. The van der Waals surface area contributed by atoms with E-state index in [1.165, 1.54) is 0 Å². The Bertz CT molecular complexity index is 998. The average Bonchev–Trinajstić information content (AvgIpc) is 2.69. The molecule has 3 N–H and O–H groups in total. The second kappa shape index (κ2) is 7.69. The molecule has 0 spiro atoms. The lowest BCUT2D eigenvalue weighted by atomic mass is 9.92. The van der Waals surface area contributed by atoms with Gasteiger partial charge in [0.15, 0.2) is 0 Å². The zero-order valence-corrected chi connectivity index (χ0v) is 16.6. The van der Waals surface area contributed by atoms with Gasteiger partial charge >= 0.3 is 0 Å². The number of fused-ring (bicyclic) bond motifs is 1. The number of nitrogens with one attached hydrogen (secondary N) is 3. The lowest BCUT2D eigenvalue weighted by molar-refractivity contribution is -0.123. The highest BCUT2D eigenvalue weighted by Crippen LogP contribution is 2.31. The van der Waals surface area contributed by atoms with Crippen molar-refractivity contribution in [3.8, 4) is 0 Å². The largest absolute Gasteiger partial charge is 0.340 e. The van der Waals surface area contributed by atoms with Gasteiger partial charge in [0.25, 0.3) is 5.56 Å². The van der Waals surface area contributed by atoms with Crippen LogP contribution in [-0.4, -0.2) is 34.4 Å². The van der Waals surface area contributed by atoms with Gasteiger partial charge in [0, 0.05) is 24.7 Å². The van der Waals surface area contributed by atoms with E-state index < -0.39 is 11.8 Å². The number of nitrogens with zero attached hydrogens (tertiary/aromatic N) is 2. The summed E-state index contributed by atoms with van der Waals surface area (Å²) in [5.74, 6) is -0.972. The molecule has 1 aromatic heterocycles. The first-order valence-electron chi connectivity index (χ1n) is 10.0. The Morgan fingerprint density at radius 2 is 1.97 bits per heavy atom. The number of amides is 2. The molecule has 1 saturated heterocycles. The van der Waals surface area contributed by atoms with Crippen molar-refractivity contribution in [3.05, 3.63) is 45.7 Å². The molecule has 2 aliphatic rings. The van der Waals surface area contributed by atoms with E-state index in [1.54, 1.807) is 12.1 Å². The topological polar surface area (TPSA) is 107 Å². The van der Waals surface area contributed by atoms with Crippen LogP contribution in [0.25, 0.3) is 0 Å². The van der Waals surface area contributed by atoms with Gasteiger partial charge in [0.2, 0.25) is 17.8 Å². The zero-order chi connectivity index (χ0) is 20.5. The van der Waals surface area contributed by atoms with Crippen LogP contribution < -0.4 is 21.1 Å². The molecule has 4 rings (SSSR count). The van der Waals surface area contributed by atoms with Crippen LogP contribution in [-0.2, 0) is 9.59 Å². The van der Waals surface area contributed by atoms with Crippen LogP contribution in [0.3, 0.4) is 0 Å². The molecule has 0 bridgehead atoms. The normalized spacial score (nSPS) is 21.3. The Labute approximate surface area is 168 Å². The second-order valence-electron chi connectivity index (χ2n) is 7.85. The molecule has 8 heteroatoms. The van der Waals surface area contributed by atoms with Gasteiger partial charge in [-0.15, -0.1) is 0 Å². The van der Waals surface area contributed by atoms with Crippen molar-refractivity contribution in [3.63, 3.8) is 0 Å². The molecule has 0 unspecified atom stereocenters. The van der Waals surface area contributed by atoms with Crippen molar-refractivity contribution in [1.82, 2.24) is 9.97 Å². The Morgan fingerprint density at radius 1 is 1.21 bits per heavy atom. The maximum Gasteiger partial charge on any atom is 0.258 e. The summed E-state index contributed by atoms with van der Waals surface area (Å²) in [7, 11) is 0. The molecular formula is C21H25N5O3. The Kier molecular flexibility index (Phi) is 5.08. The van der Waals surface area contributed by atoms with E-state index in [2.05, 4.69) is 27.5 Å². The van der Waals surface area contributed by atoms with Crippen molar-refractivity contribution in [2.24, 2.45) is 0 Å². The standard InChI is InChI=1S/C21H25N5O3/c1-12-6-8-14(9-7-12)22-19(28)15-11-16(27)23-18-17(15)20(29)25-21(24-18)26-10-4-3-5-13(26)2/h6-9,13,15H,3-5,10-11H2,1-2H3,(H,22,28)(H2,23,24,25,27,29)/t13-,15-/m1/s1. The number of carbonyl (C=O) groups is 2. The van der Waals surface area contributed by atoms with E-state index >= 15 is 0 Å². The summed E-state index contributed by atoms with van der Waals surface area (Å²) in [4.78, 5) is 47.4. The molecule has 0 radical (unpaired) electrons. The fourth-order valence-electron chi connectivity index (χ4n) is 4.00. The van der Waals surface area contributed by atoms with Crippen LogP contribution in [0.1, 0.15) is 49.7 Å². The molecule has 152 valence electrons. The predicted octanol–water partition coefficient (Wildman–Crippen LogP) is 2.52. The molecule has 2 amide bonds. The zero-order valence-electron chi connectivity index (χ0n) is 16.6. The highest BCUT2D eigenvalue weighted by atomic mass is 16.2. The SMILES string of the molecule is Cc1ccc(NC(=O)[C@@H]2CC(=O)Nc3nc(N4CCCC[C@H]4C)[nH]c(=O)c32)cc1. The molecule has 8 nitrogen and oxygen atoms in total. The minimum Gasteiger partial charge on any atom is -0.340 e. The van der Waals surface area contributed by atoms with Crippen LogP contribution >= 0.6 is 0 Å². The van der Waals surface area contributed by atoms with Crippen LogP contribution in [0.5, 0.6) is 0 Å². The van der Waals surface area contributed by atoms with Crippen molar-refractivity contribution in [2.45, 2.75) is 51.5 Å². The molecule has 0 aliphatic carbocycles. The first-order valence-corrected chi connectivity index (χ1v) is 10.0. The van der Waals surface area contributed by atoms with Crippen LogP contribution in [0, 0.1) is 6.92 Å². The van der Waals surface area contributed by atoms with Gasteiger partial charge in [-0.2, -0.15) is 4.98 Å². The highest BCUT2D eigenvalue weighted by molar-refractivity contribution is 6.04. The van der Waals surface area contributed by atoms with Gasteiger partial charge in [-0.1, -0.05) is 17.7 Å². The molecule has 2 aliphatic heterocycles. The third kappa shape index (κ3) is 3.87. The first kappa shape index (κ1) is 19.2. The van der Waals surface area contributed by atoms with Crippen molar-refractivity contribution >= 4 is 29.3 Å². The quantitative estimate of drug-likeness (QED) is 0.740. The number of hydrogen-bond donors (Lipinski definition) is 3. The monoisotopic (exact) mass is 395 g/mol. The van der Waals surface area contributed by atoms with Gasteiger partial charge in [-0.3, -0.25) is 19.4 Å². The molecular weight excluding hydrogens is 370 g/mol. The average molecular weight is 395 g/mol. The number of aromatic amines is 1. The number of piperidine rings is 1. The van der Waals surface area contributed by atoms with Crippen LogP contribution in [0.2, 0.25) is 0 Å². The minimum atomic E-state index is -0.885. The van der Waals surface area contributed by atoms with Gasteiger partial charge in [0.1, 0.15) is 5.82 Å². The van der Waals surface area contributed by atoms with Crippen LogP contribution in [0.4, 0.5) is 17.5 Å². The smallest absolute Gasteiger partial charge is 0.258 e. The second-order valence-corrected chi connectivity index (χ2v) is 7.85. The summed E-state index contributed by atoms with van der Waals surface area (Å²) >= 11 is 0. The van der Waals surface area contributed by atoms with Gasteiger partial charge < -0.3 is 15.5 Å². The predicted molar refractivity (Wildman–Crippen MR) is 111 cm³/mol.